The smallest absolute Gasteiger partial charge is 0.254 e. The zero-order valence-corrected chi connectivity index (χ0v) is 16.0. The van der Waals surface area contributed by atoms with Crippen LogP contribution in [-0.4, -0.2) is 54.9 Å². The van der Waals surface area contributed by atoms with Crippen LogP contribution in [0.4, 0.5) is 0 Å². The molecule has 1 saturated heterocycles. The second-order valence-corrected chi connectivity index (χ2v) is 6.87. The first kappa shape index (κ1) is 19.0. The highest BCUT2D eigenvalue weighted by Crippen LogP contribution is 2.15. The molecular weight excluding hydrogens is 340 g/mol. The first-order chi connectivity index (χ1) is 13.1. The van der Waals surface area contributed by atoms with Crippen LogP contribution in [0.15, 0.2) is 48.5 Å². The summed E-state index contributed by atoms with van der Waals surface area (Å²) in [5, 5.41) is 0. The molecule has 2 aromatic rings. The molecule has 2 amide bonds. The van der Waals surface area contributed by atoms with Gasteiger partial charge in [-0.15, -0.1) is 0 Å². The minimum absolute atomic E-state index is 0.0533. The summed E-state index contributed by atoms with van der Waals surface area (Å²) in [6, 6.07) is 15.2. The molecule has 1 fully saturated rings. The van der Waals surface area contributed by atoms with Crippen molar-refractivity contribution in [1.82, 2.24) is 9.80 Å². The zero-order chi connectivity index (χ0) is 19.2. The summed E-state index contributed by atoms with van der Waals surface area (Å²) in [6.07, 6.45) is 1.17. The van der Waals surface area contributed by atoms with Crippen molar-refractivity contribution in [3.05, 3.63) is 65.2 Å². The highest BCUT2D eigenvalue weighted by Gasteiger charge is 2.23. The molecule has 0 aromatic heterocycles. The van der Waals surface area contributed by atoms with Gasteiger partial charge in [0.2, 0.25) is 5.91 Å². The van der Waals surface area contributed by atoms with Crippen molar-refractivity contribution in [1.29, 1.82) is 0 Å². The van der Waals surface area contributed by atoms with Crippen molar-refractivity contribution < 1.29 is 14.3 Å². The van der Waals surface area contributed by atoms with Gasteiger partial charge in [0.05, 0.1) is 13.5 Å². The van der Waals surface area contributed by atoms with Gasteiger partial charge in [-0.25, -0.2) is 0 Å². The maximum absolute atomic E-state index is 12.8. The fourth-order valence-electron chi connectivity index (χ4n) is 3.38. The molecule has 27 heavy (non-hydrogen) atoms. The predicted molar refractivity (Wildman–Crippen MR) is 105 cm³/mol. The number of benzene rings is 2. The molecule has 0 N–H and O–H groups in total. The Labute approximate surface area is 160 Å². The summed E-state index contributed by atoms with van der Waals surface area (Å²) >= 11 is 0. The van der Waals surface area contributed by atoms with E-state index in [-0.39, 0.29) is 11.8 Å². The van der Waals surface area contributed by atoms with Crippen LogP contribution >= 0.6 is 0 Å². The summed E-state index contributed by atoms with van der Waals surface area (Å²) in [5.74, 6) is 0.939. The maximum Gasteiger partial charge on any atom is 0.254 e. The molecule has 0 bridgehead atoms. The Kier molecular flexibility index (Phi) is 6.12. The third-order valence-electron chi connectivity index (χ3n) is 5.03. The van der Waals surface area contributed by atoms with E-state index in [2.05, 4.69) is 0 Å². The Balaban J connectivity index is 1.59. The van der Waals surface area contributed by atoms with Crippen molar-refractivity contribution in [2.45, 2.75) is 19.8 Å². The van der Waals surface area contributed by atoms with Crippen molar-refractivity contribution >= 4 is 11.8 Å². The van der Waals surface area contributed by atoms with Gasteiger partial charge in [-0.3, -0.25) is 9.59 Å². The highest BCUT2D eigenvalue weighted by molar-refractivity contribution is 5.95. The van der Waals surface area contributed by atoms with Gasteiger partial charge in [-0.05, 0) is 42.7 Å². The molecule has 3 rings (SSSR count). The number of carbonyl (C=O) groups is 2. The van der Waals surface area contributed by atoms with Gasteiger partial charge in [0.15, 0.2) is 0 Å². The first-order valence-corrected chi connectivity index (χ1v) is 9.34. The number of nitrogens with zero attached hydrogens (tertiary/aromatic N) is 2. The molecule has 0 saturated carbocycles. The molecule has 0 spiro atoms. The predicted octanol–water partition coefficient (Wildman–Crippen LogP) is 2.92. The lowest BCUT2D eigenvalue weighted by Crippen LogP contribution is -2.38. The lowest BCUT2D eigenvalue weighted by molar-refractivity contribution is -0.130. The van der Waals surface area contributed by atoms with Gasteiger partial charge in [0.1, 0.15) is 5.75 Å². The number of ether oxygens (including phenoxy) is 1. The Morgan fingerprint density at radius 2 is 1.59 bits per heavy atom. The standard InChI is InChI=1S/C22H26N2O3/c1-17-6-3-4-7-20(17)22(26)24-13-5-12-23(14-15-24)21(25)16-18-8-10-19(27-2)11-9-18/h3-4,6-11H,5,12-16H2,1-2H3. The molecule has 0 atom stereocenters. The first-order valence-electron chi connectivity index (χ1n) is 9.34. The Morgan fingerprint density at radius 3 is 2.30 bits per heavy atom. The highest BCUT2D eigenvalue weighted by atomic mass is 16.5. The minimum Gasteiger partial charge on any atom is -0.497 e. The van der Waals surface area contributed by atoms with Gasteiger partial charge in [-0.2, -0.15) is 0 Å². The molecule has 1 aliphatic heterocycles. The number of hydrogen-bond donors (Lipinski definition) is 0. The second-order valence-electron chi connectivity index (χ2n) is 6.87. The molecule has 0 aliphatic carbocycles. The molecule has 2 aromatic carbocycles. The van der Waals surface area contributed by atoms with E-state index in [0.717, 1.165) is 28.9 Å². The number of aryl methyl sites for hydroxylation is 1. The van der Waals surface area contributed by atoms with Crippen molar-refractivity contribution in [2.24, 2.45) is 0 Å². The van der Waals surface area contributed by atoms with Crippen molar-refractivity contribution in [3.8, 4) is 5.75 Å². The van der Waals surface area contributed by atoms with Crippen LogP contribution in [0, 0.1) is 6.92 Å². The van der Waals surface area contributed by atoms with Crippen LogP contribution in [0.25, 0.3) is 0 Å². The van der Waals surface area contributed by atoms with Crippen LogP contribution < -0.4 is 4.74 Å². The molecule has 0 unspecified atom stereocenters. The molecule has 142 valence electrons. The SMILES string of the molecule is COc1ccc(CC(=O)N2CCCN(C(=O)c3ccccc3C)CC2)cc1. The number of rotatable bonds is 4. The van der Waals surface area contributed by atoms with E-state index in [1.165, 1.54) is 0 Å². The van der Waals surface area contributed by atoms with Crippen molar-refractivity contribution in [3.63, 3.8) is 0 Å². The zero-order valence-electron chi connectivity index (χ0n) is 16.0. The van der Waals surface area contributed by atoms with E-state index in [4.69, 9.17) is 4.74 Å². The summed E-state index contributed by atoms with van der Waals surface area (Å²) in [6.45, 7) is 4.47. The maximum atomic E-state index is 12.8. The summed E-state index contributed by atoms with van der Waals surface area (Å²) < 4.78 is 5.15. The fraction of sp³-hybridized carbons (Fsp3) is 0.364. The Bertz CT molecular complexity index is 801. The van der Waals surface area contributed by atoms with Crippen LogP contribution in [0.2, 0.25) is 0 Å². The molecule has 5 nitrogen and oxygen atoms in total. The van der Waals surface area contributed by atoms with E-state index in [1.807, 2.05) is 65.3 Å². The van der Waals surface area contributed by atoms with Crippen LogP contribution in [-0.2, 0) is 11.2 Å². The van der Waals surface area contributed by atoms with E-state index in [0.29, 0.717) is 32.6 Å². The summed E-state index contributed by atoms with van der Waals surface area (Å²) in [5.41, 5.74) is 2.70. The van der Waals surface area contributed by atoms with Crippen molar-refractivity contribution in [2.75, 3.05) is 33.3 Å². The molecule has 1 aliphatic rings. The molecule has 5 heteroatoms. The molecule has 1 heterocycles. The number of hydrogen-bond acceptors (Lipinski definition) is 3. The van der Waals surface area contributed by atoms with E-state index in [1.54, 1.807) is 7.11 Å². The lowest BCUT2D eigenvalue weighted by Gasteiger charge is -2.23. The lowest BCUT2D eigenvalue weighted by atomic mass is 10.1. The topological polar surface area (TPSA) is 49.9 Å². The second kappa shape index (κ2) is 8.71. The van der Waals surface area contributed by atoms with E-state index in [9.17, 15) is 9.59 Å². The quantitative estimate of drug-likeness (QED) is 0.836. The third kappa shape index (κ3) is 4.67. The largest absolute Gasteiger partial charge is 0.497 e. The van der Waals surface area contributed by atoms with Crippen LogP contribution in [0.3, 0.4) is 0 Å². The third-order valence-corrected chi connectivity index (χ3v) is 5.03. The summed E-state index contributed by atoms with van der Waals surface area (Å²) in [7, 11) is 1.63. The molecular formula is C22H26N2O3. The van der Waals surface area contributed by atoms with Gasteiger partial charge in [0, 0.05) is 31.7 Å². The Morgan fingerprint density at radius 1 is 0.926 bits per heavy atom. The fourth-order valence-corrected chi connectivity index (χ4v) is 3.38. The van der Waals surface area contributed by atoms with E-state index < -0.39 is 0 Å². The monoisotopic (exact) mass is 366 g/mol. The van der Waals surface area contributed by atoms with Gasteiger partial charge in [-0.1, -0.05) is 30.3 Å². The van der Waals surface area contributed by atoms with Gasteiger partial charge < -0.3 is 14.5 Å². The Hall–Kier alpha value is -2.82. The van der Waals surface area contributed by atoms with Crippen LogP contribution in [0.5, 0.6) is 5.75 Å². The number of methoxy groups -OCH3 is 1. The minimum atomic E-state index is 0.0533. The van der Waals surface area contributed by atoms with Crippen LogP contribution in [0.1, 0.15) is 27.9 Å². The normalized spacial score (nSPS) is 14.6. The van der Waals surface area contributed by atoms with E-state index >= 15 is 0 Å². The van der Waals surface area contributed by atoms with Gasteiger partial charge >= 0.3 is 0 Å². The average Bonchev–Trinajstić information content (AvgIpc) is 2.95. The molecule has 0 radical (unpaired) electrons. The number of amides is 2. The number of carbonyl (C=O) groups excluding carboxylic acids is 2. The average molecular weight is 366 g/mol. The van der Waals surface area contributed by atoms with Gasteiger partial charge in [0.25, 0.3) is 5.91 Å². The summed E-state index contributed by atoms with van der Waals surface area (Å²) in [4.78, 5) is 29.2.